The van der Waals surface area contributed by atoms with Crippen LogP contribution in [0.15, 0.2) is 35.7 Å². The quantitative estimate of drug-likeness (QED) is 0.838. The molecule has 0 unspecified atom stereocenters. The first-order valence-corrected chi connectivity index (χ1v) is 6.04. The second-order valence-electron chi connectivity index (χ2n) is 3.37. The number of nitrogens with one attached hydrogen (secondary N) is 1. The molecule has 0 fully saturated rings. The summed E-state index contributed by atoms with van der Waals surface area (Å²) in [6.07, 6.45) is 0. The van der Waals surface area contributed by atoms with Crippen LogP contribution in [-0.4, -0.2) is 0 Å². The molecular weight excluding hydrogens is 226 g/mol. The summed E-state index contributed by atoms with van der Waals surface area (Å²) in [7, 11) is 0. The third-order valence-corrected chi connectivity index (χ3v) is 3.60. The Kier molecular flexibility index (Phi) is 3.29. The first-order valence-electron chi connectivity index (χ1n) is 4.79. The van der Waals surface area contributed by atoms with Gasteiger partial charge in [0.2, 0.25) is 0 Å². The molecule has 1 aromatic carbocycles. The molecule has 2 rings (SSSR count). The number of thiophene rings is 1. The van der Waals surface area contributed by atoms with E-state index in [1.54, 1.807) is 11.3 Å². The maximum absolute atomic E-state index is 6.17. The van der Waals surface area contributed by atoms with E-state index in [-0.39, 0.29) is 0 Å². The molecule has 15 heavy (non-hydrogen) atoms. The Morgan fingerprint density at radius 3 is 2.87 bits per heavy atom. The van der Waals surface area contributed by atoms with Gasteiger partial charge in [0, 0.05) is 11.4 Å². The fourth-order valence-corrected chi connectivity index (χ4v) is 2.22. The Labute approximate surface area is 98.7 Å². The molecule has 0 spiro atoms. The lowest BCUT2D eigenvalue weighted by Gasteiger charge is -2.08. The molecule has 1 heterocycles. The number of halogens is 1. The van der Waals surface area contributed by atoms with E-state index in [0.717, 1.165) is 22.8 Å². The summed E-state index contributed by atoms with van der Waals surface area (Å²) in [6.45, 7) is 2.85. The van der Waals surface area contributed by atoms with Gasteiger partial charge in [0.15, 0.2) is 0 Å². The Bertz CT molecular complexity index is 437. The number of rotatable bonds is 3. The monoisotopic (exact) mass is 237 g/mol. The zero-order valence-corrected chi connectivity index (χ0v) is 10.0. The zero-order chi connectivity index (χ0) is 10.7. The van der Waals surface area contributed by atoms with Crippen molar-refractivity contribution in [3.05, 3.63) is 51.2 Å². The minimum Gasteiger partial charge on any atom is -0.379 e. The summed E-state index contributed by atoms with van der Waals surface area (Å²) in [4.78, 5) is 1.31. The van der Waals surface area contributed by atoms with Crippen LogP contribution in [0.3, 0.4) is 0 Å². The molecule has 0 radical (unpaired) electrons. The van der Waals surface area contributed by atoms with Gasteiger partial charge in [-0.1, -0.05) is 29.8 Å². The summed E-state index contributed by atoms with van der Waals surface area (Å²) in [6, 6.07) is 10.2. The van der Waals surface area contributed by atoms with E-state index >= 15 is 0 Å². The molecule has 0 aliphatic heterocycles. The van der Waals surface area contributed by atoms with Gasteiger partial charge >= 0.3 is 0 Å². The summed E-state index contributed by atoms with van der Waals surface area (Å²) >= 11 is 7.92. The van der Waals surface area contributed by atoms with Crippen molar-refractivity contribution in [2.75, 3.05) is 5.32 Å². The molecule has 1 N–H and O–H groups in total. The number of anilines is 1. The van der Waals surface area contributed by atoms with Crippen molar-refractivity contribution in [2.24, 2.45) is 0 Å². The molecule has 2 aromatic rings. The van der Waals surface area contributed by atoms with Crippen molar-refractivity contribution in [1.29, 1.82) is 0 Å². The highest BCUT2D eigenvalue weighted by Crippen LogP contribution is 2.25. The van der Waals surface area contributed by atoms with Crippen LogP contribution < -0.4 is 5.32 Å². The Morgan fingerprint density at radius 2 is 2.13 bits per heavy atom. The van der Waals surface area contributed by atoms with Gasteiger partial charge in [-0.2, -0.15) is 0 Å². The predicted molar refractivity (Wildman–Crippen MR) is 67.8 cm³/mol. The van der Waals surface area contributed by atoms with Crippen molar-refractivity contribution in [2.45, 2.75) is 13.5 Å². The largest absolute Gasteiger partial charge is 0.379 e. The van der Waals surface area contributed by atoms with E-state index in [0.29, 0.717) is 0 Å². The maximum atomic E-state index is 6.17. The van der Waals surface area contributed by atoms with Gasteiger partial charge in [0.05, 0.1) is 10.7 Å². The fourth-order valence-electron chi connectivity index (χ4n) is 1.38. The van der Waals surface area contributed by atoms with Crippen LogP contribution in [0.4, 0.5) is 5.69 Å². The lowest BCUT2D eigenvalue weighted by Crippen LogP contribution is -1.98. The van der Waals surface area contributed by atoms with Crippen LogP contribution >= 0.6 is 22.9 Å². The maximum Gasteiger partial charge on any atom is 0.0666 e. The molecule has 0 amide bonds. The fraction of sp³-hybridized carbons (Fsp3) is 0.167. The molecule has 0 bridgehead atoms. The topological polar surface area (TPSA) is 12.0 Å². The number of hydrogen-bond donors (Lipinski definition) is 1. The molecule has 78 valence electrons. The summed E-state index contributed by atoms with van der Waals surface area (Å²) in [5, 5.41) is 6.23. The van der Waals surface area contributed by atoms with Crippen LogP contribution in [0.25, 0.3) is 0 Å². The third-order valence-electron chi connectivity index (χ3n) is 2.22. The first kappa shape index (κ1) is 10.5. The van der Waals surface area contributed by atoms with Crippen LogP contribution in [0.2, 0.25) is 5.02 Å². The predicted octanol–water partition coefficient (Wildman–Crippen LogP) is 4.32. The van der Waals surface area contributed by atoms with Gasteiger partial charge in [0.25, 0.3) is 0 Å². The molecule has 0 aliphatic carbocycles. The minimum atomic E-state index is 0.814. The third kappa shape index (κ3) is 2.52. The highest BCUT2D eigenvalue weighted by atomic mass is 35.5. The van der Waals surface area contributed by atoms with E-state index in [9.17, 15) is 0 Å². The van der Waals surface area contributed by atoms with Gasteiger partial charge in [-0.15, -0.1) is 11.3 Å². The molecular formula is C12H12ClNS. The molecule has 0 atom stereocenters. The van der Waals surface area contributed by atoms with Crippen LogP contribution in [0, 0.1) is 6.92 Å². The Balaban J connectivity index is 2.08. The Morgan fingerprint density at radius 1 is 1.27 bits per heavy atom. The molecule has 0 saturated carbocycles. The molecule has 0 saturated heterocycles. The molecule has 1 aromatic heterocycles. The number of hydrogen-bond acceptors (Lipinski definition) is 2. The van der Waals surface area contributed by atoms with Gasteiger partial charge in [0.1, 0.15) is 0 Å². The van der Waals surface area contributed by atoms with Crippen molar-refractivity contribution in [3.63, 3.8) is 0 Å². The van der Waals surface area contributed by atoms with E-state index in [1.807, 2.05) is 25.1 Å². The minimum absolute atomic E-state index is 0.814. The highest BCUT2D eigenvalue weighted by molar-refractivity contribution is 7.09. The molecule has 1 nitrogen and oxygen atoms in total. The van der Waals surface area contributed by atoms with Gasteiger partial charge in [-0.3, -0.25) is 0 Å². The van der Waals surface area contributed by atoms with Crippen LogP contribution in [-0.2, 0) is 6.54 Å². The number of aryl methyl sites for hydroxylation is 1. The summed E-state index contributed by atoms with van der Waals surface area (Å²) < 4.78 is 0. The number of benzene rings is 1. The van der Waals surface area contributed by atoms with E-state index in [2.05, 4.69) is 22.8 Å². The van der Waals surface area contributed by atoms with Crippen molar-refractivity contribution < 1.29 is 0 Å². The van der Waals surface area contributed by atoms with Crippen LogP contribution in [0.5, 0.6) is 0 Å². The van der Waals surface area contributed by atoms with Crippen molar-refractivity contribution in [1.82, 2.24) is 0 Å². The second-order valence-corrected chi connectivity index (χ2v) is 4.78. The van der Waals surface area contributed by atoms with Gasteiger partial charge < -0.3 is 5.32 Å². The Hall–Kier alpha value is -0.990. The standard InChI is InChI=1S/C12H12ClNS/c1-9-4-2-6-11(12(9)13)14-8-10-5-3-7-15-10/h2-7,14H,8H2,1H3. The first-order chi connectivity index (χ1) is 7.27. The molecule has 3 heteroatoms. The van der Waals surface area contributed by atoms with E-state index in [4.69, 9.17) is 11.6 Å². The normalized spacial score (nSPS) is 10.3. The smallest absolute Gasteiger partial charge is 0.0666 e. The lowest BCUT2D eigenvalue weighted by atomic mass is 10.2. The summed E-state index contributed by atoms with van der Waals surface area (Å²) in [5.74, 6) is 0. The van der Waals surface area contributed by atoms with E-state index in [1.165, 1.54) is 4.88 Å². The van der Waals surface area contributed by atoms with Crippen molar-refractivity contribution >= 4 is 28.6 Å². The molecule has 0 aliphatic rings. The average Bonchev–Trinajstić information content (AvgIpc) is 2.73. The van der Waals surface area contributed by atoms with Crippen molar-refractivity contribution in [3.8, 4) is 0 Å². The lowest BCUT2D eigenvalue weighted by molar-refractivity contribution is 1.19. The second kappa shape index (κ2) is 4.69. The average molecular weight is 238 g/mol. The van der Waals surface area contributed by atoms with E-state index < -0.39 is 0 Å². The highest BCUT2D eigenvalue weighted by Gasteiger charge is 2.02. The van der Waals surface area contributed by atoms with Crippen LogP contribution in [0.1, 0.15) is 10.4 Å². The summed E-state index contributed by atoms with van der Waals surface area (Å²) in [5.41, 5.74) is 2.11. The van der Waals surface area contributed by atoms with Gasteiger partial charge in [-0.05, 0) is 30.0 Å². The SMILES string of the molecule is Cc1cccc(NCc2cccs2)c1Cl. The van der Waals surface area contributed by atoms with Gasteiger partial charge in [-0.25, -0.2) is 0 Å². The zero-order valence-electron chi connectivity index (χ0n) is 8.46.